The summed E-state index contributed by atoms with van der Waals surface area (Å²) in [6.45, 7) is 12.9. The molecule has 3 N–H and O–H groups in total. The zero-order valence-corrected chi connectivity index (χ0v) is 24.5. The number of Topliss-reactive ketones (excluding diaryl/α,β-unsaturated/α-hetero) is 1. The Morgan fingerprint density at radius 1 is 1.19 bits per heavy atom. The number of carbonyl (C=O) groups is 2. The number of nitrogens with one attached hydrogen (secondary N) is 1. The number of aliphatic hydroxyl groups excluding tert-OH is 2. The molecule has 0 spiro atoms. The molecule has 0 aliphatic heterocycles. The summed E-state index contributed by atoms with van der Waals surface area (Å²) < 4.78 is 0. The Balaban J connectivity index is 1.66. The lowest BCUT2D eigenvalue weighted by molar-refractivity contribution is -0.147. The topological polar surface area (TPSA) is 89.9 Å². The second kappa shape index (κ2) is 10.1. The van der Waals surface area contributed by atoms with E-state index in [4.69, 9.17) is 0 Å². The number of ketones is 1. The zero-order valence-electron chi connectivity index (χ0n) is 24.5. The average molecular weight is 517 g/mol. The minimum Gasteiger partial charge on any atom is -0.396 e. The van der Waals surface area contributed by atoms with Gasteiger partial charge in [0.25, 0.3) is 0 Å². The van der Waals surface area contributed by atoms with Crippen LogP contribution in [0.2, 0.25) is 0 Å². The molecule has 0 bridgehead atoms. The Morgan fingerprint density at radius 3 is 2.46 bits per heavy atom. The number of hydrogen-bond donors (Lipinski definition) is 3. The number of aliphatic hydroxyl groups is 2. The second-order valence-corrected chi connectivity index (χ2v) is 14.1. The van der Waals surface area contributed by atoms with Crippen molar-refractivity contribution < 1.29 is 19.8 Å². The van der Waals surface area contributed by atoms with Crippen LogP contribution in [0.15, 0.2) is 11.6 Å². The van der Waals surface area contributed by atoms with E-state index in [9.17, 15) is 19.8 Å². The highest BCUT2D eigenvalue weighted by Gasteiger charge is 2.67. The van der Waals surface area contributed by atoms with E-state index in [0.717, 1.165) is 32.1 Å². The van der Waals surface area contributed by atoms with Gasteiger partial charge in [0.1, 0.15) is 5.78 Å². The van der Waals surface area contributed by atoms with Crippen LogP contribution in [0.5, 0.6) is 0 Å². The first-order valence-corrected chi connectivity index (χ1v) is 14.7. The largest absolute Gasteiger partial charge is 0.396 e. The normalized spacial score (nSPS) is 45.3. The van der Waals surface area contributed by atoms with Gasteiger partial charge in [-0.15, -0.1) is 0 Å². The van der Waals surface area contributed by atoms with Crippen molar-refractivity contribution in [2.75, 3.05) is 20.7 Å². The van der Waals surface area contributed by atoms with E-state index in [-0.39, 0.29) is 65.0 Å². The van der Waals surface area contributed by atoms with Crippen molar-refractivity contribution >= 4 is 11.7 Å². The Bertz CT molecular complexity index is 932. The van der Waals surface area contributed by atoms with E-state index in [1.807, 2.05) is 13.8 Å². The number of allylic oxidation sites excluding steroid dienone is 1. The lowest BCUT2D eigenvalue weighted by Crippen LogP contribution is -2.55. The summed E-state index contributed by atoms with van der Waals surface area (Å²) in [6, 6.07) is 0.0814. The van der Waals surface area contributed by atoms with Crippen molar-refractivity contribution in [3.8, 4) is 0 Å². The Labute approximate surface area is 224 Å². The van der Waals surface area contributed by atoms with Gasteiger partial charge in [0.15, 0.2) is 0 Å². The molecular weight excluding hydrogens is 464 g/mol. The molecule has 210 valence electrons. The van der Waals surface area contributed by atoms with Gasteiger partial charge in [-0.1, -0.05) is 46.3 Å². The van der Waals surface area contributed by atoms with Crippen LogP contribution >= 0.6 is 0 Å². The average Bonchev–Trinajstić information content (AvgIpc) is 2.96. The highest BCUT2D eigenvalue weighted by Crippen LogP contribution is 2.69. The highest BCUT2D eigenvalue weighted by atomic mass is 16.3. The molecule has 6 heteroatoms. The lowest BCUT2D eigenvalue weighted by Gasteiger charge is -2.56. The molecule has 4 unspecified atom stereocenters. The van der Waals surface area contributed by atoms with Gasteiger partial charge in [-0.05, 0) is 82.2 Å². The van der Waals surface area contributed by atoms with E-state index in [1.165, 1.54) is 5.57 Å². The van der Waals surface area contributed by atoms with Gasteiger partial charge < -0.3 is 20.4 Å². The fraction of sp³-hybridized carbons (Fsp3) is 0.871. The molecule has 1 amide bonds. The first kappa shape index (κ1) is 28.8. The minimum atomic E-state index is -0.453. The summed E-state index contributed by atoms with van der Waals surface area (Å²) in [6.07, 6.45) is 7.22. The molecule has 0 aromatic carbocycles. The van der Waals surface area contributed by atoms with Gasteiger partial charge in [-0.25, -0.2) is 0 Å². The maximum Gasteiger partial charge on any atom is 0.223 e. The fourth-order valence-corrected chi connectivity index (χ4v) is 9.24. The number of carbonyl (C=O) groups excluding carboxylic acids is 2. The molecule has 3 saturated carbocycles. The smallest absolute Gasteiger partial charge is 0.223 e. The maximum absolute atomic E-state index is 13.9. The van der Waals surface area contributed by atoms with Crippen molar-refractivity contribution in [2.45, 2.75) is 105 Å². The number of rotatable bonds is 6. The quantitative estimate of drug-likeness (QED) is 0.461. The van der Waals surface area contributed by atoms with Crippen LogP contribution in [0.25, 0.3) is 0 Å². The van der Waals surface area contributed by atoms with Crippen molar-refractivity contribution in [1.82, 2.24) is 10.2 Å². The molecule has 4 aliphatic carbocycles. The maximum atomic E-state index is 13.9. The molecule has 0 radical (unpaired) electrons. The van der Waals surface area contributed by atoms with Crippen molar-refractivity contribution in [3.05, 3.63) is 11.6 Å². The summed E-state index contributed by atoms with van der Waals surface area (Å²) in [5.74, 6) is 0.765. The molecule has 0 aromatic heterocycles. The Morgan fingerprint density at radius 2 is 1.86 bits per heavy atom. The minimum absolute atomic E-state index is 0.0137. The predicted octanol–water partition coefficient (Wildman–Crippen LogP) is 4.19. The molecule has 37 heavy (non-hydrogen) atoms. The van der Waals surface area contributed by atoms with Gasteiger partial charge in [-0.3, -0.25) is 9.59 Å². The number of hydrogen-bond acceptors (Lipinski definition) is 5. The van der Waals surface area contributed by atoms with Gasteiger partial charge in [0.05, 0.1) is 12.7 Å². The van der Waals surface area contributed by atoms with Crippen molar-refractivity contribution in [3.63, 3.8) is 0 Å². The third-order valence-electron chi connectivity index (χ3n) is 12.3. The van der Waals surface area contributed by atoms with Crippen LogP contribution in [0.3, 0.4) is 0 Å². The van der Waals surface area contributed by atoms with E-state index in [2.05, 4.69) is 58.1 Å². The summed E-state index contributed by atoms with van der Waals surface area (Å²) in [4.78, 5) is 28.9. The molecule has 0 saturated heterocycles. The molecule has 4 rings (SSSR count). The van der Waals surface area contributed by atoms with Crippen LogP contribution in [-0.4, -0.2) is 65.7 Å². The first-order chi connectivity index (χ1) is 17.2. The predicted molar refractivity (Wildman–Crippen MR) is 147 cm³/mol. The van der Waals surface area contributed by atoms with Crippen molar-refractivity contribution in [1.29, 1.82) is 0 Å². The summed E-state index contributed by atoms with van der Waals surface area (Å²) in [5, 5.41) is 25.4. The van der Waals surface area contributed by atoms with E-state index in [1.54, 1.807) is 0 Å². The van der Waals surface area contributed by atoms with Crippen LogP contribution < -0.4 is 5.32 Å². The number of amides is 1. The molecule has 6 nitrogen and oxygen atoms in total. The van der Waals surface area contributed by atoms with Gasteiger partial charge in [-0.2, -0.15) is 0 Å². The summed E-state index contributed by atoms with van der Waals surface area (Å²) >= 11 is 0. The van der Waals surface area contributed by atoms with E-state index < -0.39 is 11.5 Å². The Hall–Kier alpha value is -1.24. The Kier molecular flexibility index (Phi) is 7.82. The van der Waals surface area contributed by atoms with Crippen LogP contribution in [0.1, 0.15) is 86.5 Å². The van der Waals surface area contributed by atoms with Gasteiger partial charge in [0.2, 0.25) is 5.91 Å². The molecule has 4 aliphatic rings. The molecule has 11 atom stereocenters. The SMILES string of the molecule is CCC(C)C(=O)N[C@H]1CC=C2CC3C(=O)C[C@]4(C)[C@@H]([C@H](C)N(C)C)[C@H](O)C[C@@]4(C)C3CCC2[C@]1(C)CO. The van der Waals surface area contributed by atoms with Gasteiger partial charge in [0, 0.05) is 41.7 Å². The molecule has 3 fully saturated rings. The molecule has 0 aromatic rings. The van der Waals surface area contributed by atoms with Crippen LogP contribution in [0.4, 0.5) is 0 Å². The monoisotopic (exact) mass is 516 g/mol. The lowest BCUT2D eigenvalue weighted by atomic mass is 9.48. The third-order valence-corrected chi connectivity index (χ3v) is 12.3. The molecular formula is C31H52N2O4. The fourth-order valence-electron chi connectivity index (χ4n) is 9.24. The zero-order chi connectivity index (χ0) is 27.5. The van der Waals surface area contributed by atoms with Crippen molar-refractivity contribution in [2.24, 2.45) is 45.8 Å². The molecule has 0 heterocycles. The standard InChI is InChI=1S/C31H52N2O4/c1-9-18(2)28(37)32-26-13-10-20-14-21-23(12-11-22(20)29(26,4)17-34)30(5)16-25(36)27(19(3)33(7)8)31(30,6)15-24(21)35/h10,18-19,21-23,25-27,34,36H,9,11-17H2,1-8H3,(H,32,37)/t18?,19-,21?,22?,23?,25+,26-,27-,29-,30-,31+/m0/s1. The number of nitrogens with zero attached hydrogens (tertiary/aromatic N) is 1. The first-order valence-electron chi connectivity index (χ1n) is 14.7. The van der Waals surface area contributed by atoms with E-state index >= 15 is 0 Å². The number of fused-ring (bicyclic) bond motifs is 4. The van der Waals surface area contributed by atoms with E-state index in [0.29, 0.717) is 18.6 Å². The third kappa shape index (κ3) is 4.34. The van der Waals surface area contributed by atoms with Crippen LogP contribution in [-0.2, 0) is 9.59 Å². The highest BCUT2D eigenvalue weighted by molar-refractivity contribution is 5.84. The second-order valence-electron chi connectivity index (χ2n) is 14.1. The van der Waals surface area contributed by atoms with Crippen LogP contribution in [0, 0.1) is 45.8 Å². The summed E-state index contributed by atoms with van der Waals surface area (Å²) in [5.41, 5.74) is 0.486. The van der Waals surface area contributed by atoms with Gasteiger partial charge >= 0.3 is 0 Å². The summed E-state index contributed by atoms with van der Waals surface area (Å²) in [7, 11) is 4.14.